The van der Waals surface area contributed by atoms with Crippen LogP contribution in [0.5, 0.6) is 11.5 Å². The van der Waals surface area contributed by atoms with Crippen LogP contribution in [0.25, 0.3) is 0 Å². The van der Waals surface area contributed by atoms with E-state index in [4.69, 9.17) is 14.6 Å². The molecule has 1 aromatic heterocycles. The number of nitrogens with zero attached hydrogens (tertiary/aromatic N) is 1. The van der Waals surface area contributed by atoms with E-state index in [-0.39, 0.29) is 17.2 Å². The van der Waals surface area contributed by atoms with Crippen LogP contribution in [0.1, 0.15) is 21.0 Å². The Morgan fingerprint density at radius 2 is 2.00 bits per heavy atom. The molecule has 0 aliphatic rings. The van der Waals surface area contributed by atoms with Crippen LogP contribution in [0.15, 0.2) is 34.9 Å². The predicted octanol–water partition coefficient (Wildman–Crippen LogP) is 1.60. The van der Waals surface area contributed by atoms with Gasteiger partial charge in [-0.05, 0) is 12.1 Å². The van der Waals surface area contributed by atoms with Crippen molar-refractivity contribution in [2.24, 2.45) is 0 Å². The quantitative estimate of drug-likeness (QED) is 0.660. The molecule has 0 aliphatic heterocycles. The fourth-order valence-corrected chi connectivity index (χ4v) is 1.29. The summed E-state index contributed by atoms with van der Waals surface area (Å²) in [7, 11) is 1.48. The van der Waals surface area contributed by atoms with Gasteiger partial charge >= 0.3 is 11.9 Å². The van der Waals surface area contributed by atoms with Gasteiger partial charge in [-0.25, -0.2) is 9.59 Å². The molecule has 1 heterocycles. The Bertz CT molecular complexity index is 618. The highest BCUT2D eigenvalue weighted by Crippen LogP contribution is 2.20. The van der Waals surface area contributed by atoms with Crippen LogP contribution < -0.4 is 9.47 Å². The third-order valence-corrected chi connectivity index (χ3v) is 2.18. The molecule has 1 aromatic carbocycles. The highest BCUT2D eigenvalue weighted by molar-refractivity contribution is 5.92. The van der Waals surface area contributed by atoms with Gasteiger partial charge in [0.2, 0.25) is 5.76 Å². The van der Waals surface area contributed by atoms with E-state index in [1.807, 2.05) is 0 Å². The zero-order chi connectivity index (χ0) is 13.8. The van der Waals surface area contributed by atoms with E-state index in [0.717, 1.165) is 6.07 Å². The van der Waals surface area contributed by atoms with Crippen molar-refractivity contribution in [3.8, 4) is 11.5 Å². The summed E-state index contributed by atoms with van der Waals surface area (Å²) in [6, 6.07) is 7.38. The Morgan fingerprint density at radius 1 is 1.26 bits per heavy atom. The van der Waals surface area contributed by atoms with E-state index in [9.17, 15) is 9.59 Å². The van der Waals surface area contributed by atoms with Crippen LogP contribution in [-0.2, 0) is 0 Å². The van der Waals surface area contributed by atoms with E-state index in [1.54, 1.807) is 18.2 Å². The van der Waals surface area contributed by atoms with Crippen molar-refractivity contribution in [3.05, 3.63) is 41.8 Å². The van der Waals surface area contributed by atoms with Gasteiger partial charge in [0, 0.05) is 12.1 Å². The second-order valence-electron chi connectivity index (χ2n) is 3.45. The molecule has 98 valence electrons. The Balaban J connectivity index is 2.13. The Hall–Kier alpha value is -2.83. The molecule has 0 radical (unpaired) electrons. The van der Waals surface area contributed by atoms with Crippen LogP contribution >= 0.6 is 0 Å². The molecule has 7 heteroatoms. The number of methoxy groups -OCH3 is 1. The van der Waals surface area contributed by atoms with Crippen molar-refractivity contribution in [3.63, 3.8) is 0 Å². The van der Waals surface area contributed by atoms with Gasteiger partial charge in [-0.15, -0.1) is 0 Å². The predicted molar refractivity (Wildman–Crippen MR) is 61.4 cm³/mol. The molecule has 7 nitrogen and oxygen atoms in total. The minimum absolute atomic E-state index is 0.248. The number of rotatable bonds is 4. The highest BCUT2D eigenvalue weighted by atomic mass is 16.6. The summed E-state index contributed by atoms with van der Waals surface area (Å²) in [6.45, 7) is 0. The lowest BCUT2D eigenvalue weighted by Gasteiger charge is -2.03. The van der Waals surface area contributed by atoms with E-state index >= 15 is 0 Å². The standard InChI is InChI=1S/C12H9NO6/c1-17-7-3-2-4-8(5-7)18-12(16)10-6-9(11(14)15)13-19-10/h2-6H,1H3,(H,14,15). The summed E-state index contributed by atoms with van der Waals surface area (Å²) >= 11 is 0. The second-order valence-corrected chi connectivity index (χ2v) is 3.45. The van der Waals surface area contributed by atoms with Gasteiger partial charge < -0.3 is 19.1 Å². The lowest BCUT2D eigenvalue weighted by atomic mass is 10.3. The van der Waals surface area contributed by atoms with Crippen molar-refractivity contribution in [1.29, 1.82) is 0 Å². The molecule has 0 bridgehead atoms. The molecule has 0 aliphatic carbocycles. The smallest absolute Gasteiger partial charge is 0.382 e. The van der Waals surface area contributed by atoms with Gasteiger partial charge in [-0.2, -0.15) is 0 Å². The van der Waals surface area contributed by atoms with Crippen LogP contribution in [0.2, 0.25) is 0 Å². The molecule has 0 spiro atoms. The van der Waals surface area contributed by atoms with Gasteiger partial charge in [0.15, 0.2) is 5.69 Å². The molecule has 2 rings (SSSR count). The number of ether oxygens (including phenoxy) is 2. The lowest BCUT2D eigenvalue weighted by molar-refractivity contribution is 0.0668. The fraction of sp³-hybridized carbons (Fsp3) is 0.0833. The number of carboxylic acid groups (broad SMARTS) is 1. The SMILES string of the molecule is COc1cccc(OC(=O)c2cc(C(=O)O)no2)c1. The van der Waals surface area contributed by atoms with Crippen LogP contribution in [0.4, 0.5) is 0 Å². The molecule has 0 atom stereocenters. The monoisotopic (exact) mass is 263 g/mol. The van der Waals surface area contributed by atoms with Crippen LogP contribution in [-0.4, -0.2) is 29.3 Å². The van der Waals surface area contributed by atoms with Gasteiger partial charge in [0.05, 0.1) is 7.11 Å². The Morgan fingerprint density at radius 3 is 2.63 bits per heavy atom. The van der Waals surface area contributed by atoms with Gasteiger partial charge in [-0.3, -0.25) is 0 Å². The number of hydrogen-bond acceptors (Lipinski definition) is 6. The number of carbonyl (C=O) groups is 2. The first-order valence-electron chi connectivity index (χ1n) is 5.16. The fourth-order valence-electron chi connectivity index (χ4n) is 1.29. The van der Waals surface area contributed by atoms with Crippen molar-refractivity contribution in [2.45, 2.75) is 0 Å². The summed E-state index contributed by atoms with van der Waals surface area (Å²) in [4.78, 5) is 22.2. The molecule has 0 unspecified atom stereocenters. The zero-order valence-electron chi connectivity index (χ0n) is 9.82. The van der Waals surface area contributed by atoms with E-state index in [0.29, 0.717) is 5.75 Å². The summed E-state index contributed by atoms with van der Waals surface area (Å²) < 4.78 is 14.5. The number of aromatic nitrogens is 1. The number of carboxylic acids is 1. The Labute approximate surface area is 107 Å². The molecule has 19 heavy (non-hydrogen) atoms. The largest absolute Gasteiger partial charge is 0.497 e. The average Bonchev–Trinajstić information content (AvgIpc) is 2.89. The van der Waals surface area contributed by atoms with Gasteiger partial charge in [-0.1, -0.05) is 11.2 Å². The normalized spacial score (nSPS) is 9.95. The molecular formula is C12H9NO6. The van der Waals surface area contributed by atoms with Crippen molar-refractivity contribution >= 4 is 11.9 Å². The lowest BCUT2D eigenvalue weighted by Crippen LogP contribution is -2.07. The van der Waals surface area contributed by atoms with Gasteiger partial charge in [0.1, 0.15) is 11.5 Å². The first-order valence-corrected chi connectivity index (χ1v) is 5.16. The molecule has 0 saturated heterocycles. The molecule has 0 saturated carbocycles. The topological polar surface area (TPSA) is 98.9 Å². The zero-order valence-corrected chi connectivity index (χ0v) is 9.82. The van der Waals surface area contributed by atoms with E-state index in [2.05, 4.69) is 9.68 Å². The van der Waals surface area contributed by atoms with Crippen molar-refractivity contribution < 1.29 is 28.7 Å². The second kappa shape index (κ2) is 5.21. The number of benzene rings is 1. The van der Waals surface area contributed by atoms with E-state index < -0.39 is 11.9 Å². The van der Waals surface area contributed by atoms with Crippen LogP contribution in [0, 0.1) is 0 Å². The number of carbonyl (C=O) groups excluding carboxylic acids is 1. The molecular weight excluding hydrogens is 254 g/mol. The van der Waals surface area contributed by atoms with Crippen LogP contribution in [0.3, 0.4) is 0 Å². The number of esters is 1. The minimum Gasteiger partial charge on any atom is -0.497 e. The third-order valence-electron chi connectivity index (χ3n) is 2.18. The van der Waals surface area contributed by atoms with E-state index in [1.165, 1.54) is 13.2 Å². The minimum atomic E-state index is -1.29. The summed E-state index contributed by atoms with van der Waals surface area (Å²) in [6.07, 6.45) is 0. The maximum atomic E-state index is 11.7. The molecule has 2 aromatic rings. The summed E-state index contributed by atoms with van der Waals surface area (Å²) in [5.74, 6) is -1.65. The Kier molecular flexibility index (Phi) is 3.46. The highest BCUT2D eigenvalue weighted by Gasteiger charge is 2.18. The first-order chi connectivity index (χ1) is 9.10. The van der Waals surface area contributed by atoms with Crippen molar-refractivity contribution in [2.75, 3.05) is 7.11 Å². The summed E-state index contributed by atoms with van der Waals surface area (Å²) in [5.41, 5.74) is -0.363. The van der Waals surface area contributed by atoms with Gasteiger partial charge in [0.25, 0.3) is 0 Å². The summed E-state index contributed by atoms with van der Waals surface area (Å²) in [5, 5.41) is 11.9. The third kappa shape index (κ3) is 2.89. The maximum Gasteiger partial charge on any atom is 0.382 e. The molecule has 0 amide bonds. The van der Waals surface area contributed by atoms with Crippen molar-refractivity contribution in [1.82, 2.24) is 5.16 Å². The number of aromatic carboxylic acids is 1. The average molecular weight is 263 g/mol. The first kappa shape index (κ1) is 12.6. The molecule has 1 N–H and O–H groups in total. The number of hydrogen-bond donors (Lipinski definition) is 1. The maximum absolute atomic E-state index is 11.7. The molecule has 0 fully saturated rings.